The van der Waals surface area contributed by atoms with Crippen molar-refractivity contribution in [2.45, 2.75) is 6.54 Å². The minimum absolute atomic E-state index is 0.0419. The van der Waals surface area contributed by atoms with Gasteiger partial charge in [-0.1, -0.05) is 0 Å². The summed E-state index contributed by atoms with van der Waals surface area (Å²) < 4.78 is 19.0. The SMILES string of the molecule is COc1cc(-c2ccc(=O)n(CC(=O)O)n2)ccc1F. The fraction of sp³-hybridized carbons (Fsp3) is 0.154. The first-order chi connectivity index (χ1) is 9.51. The van der Waals surface area contributed by atoms with Crippen LogP contribution < -0.4 is 10.3 Å². The zero-order chi connectivity index (χ0) is 14.7. The molecule has 0 amide bonds. The molecule has 20 heavy (non-hydrogen) atoms. The molecule has 0 aliphatic carbocycles. The van der Waals surface area contributed by atoms with E-state index in [-0.39, 0.29) is 5.75 Å². The number of hydrogen-bond donors (Lipinski definition) is 1. The Bertz CT molecular complexity index is 712. The van der Waals surface area contributed by atoms with Crippen LogP contribution in [0.4, 0.5) is 4.39 Å². The fourth-order valence-corrected chi connectivity index (χ4v) is 1.66. The Balaban J connectivity index is 2.47. The molecule has 0 saturated carbocycles. The summed E-state index contributed by atoms with van der Waals surface area (Å²) in [4.78, 5) is 22.1. The zero-order valence-corrected chi connectivity index (χ0v) is 10.5. The molecule has 1 N–H and O–H groups in total. The van der Waals surface area contributed by atoms with Crippen LogP contribution in [0.3, 0.4) is 0 Å². The summed E-state index contributed by atoms with van der Waals surface area (Å²) in [6.45, 7) is -0.537. The summed E-state index contributed by atoms with van der Waals surface area (Å²) in [5.41, 5.74) is 0.344. The lowest BCUT2D eigenvalue weighted by Crippen LogP contribution is -2.26. The Kier molecular flexibility index (Phi) is 3.79. The molecule has 2 rings (SSSR count). The Morgan fingerprint density at radius 1 is 1.40 bits per heavy atom. The standard InChI is InChI=1S/C13H11FN2O4/c1-20-11-6-8(2-3-9(11)14)10-4-5-12(17)16(15-10)7-13(18)19/h2-6H,7H2,1H3,(H,18,19). The molecule has 2 aromatic rings. The average Bonchev–Trinajstić information content (AvgIpc) is 2.41. The van der Waals surface area contributed by atoms with Crippen LogP contribution in [0, 0.1) is 5.82 Å². The topological polar surface area (TPSA) is 81.4 Å². The molecule has 6 nitrogen and oxygen atoms in total. The van der Waals surface area contributed by atoms with E-state index < -0.39 is 23.9 Å². The molecule has 1 heterocycles. The van der Waals surface area contributed by atoms with E-state index in [2.05, 4.69) is 5.10 Å². The van der Waals surface area contributed by atoms with Gasteiger partial charge in [0, 0.05) is 11.6 Å². The number of halogens is 1. The third-order valence-corrected chi connectivity index (χ3v) is 2.60. The molecule has 0 atom stereocenters. The molecule has 0 bridgehead atoms. The van der Waals surface area contributed by atoms with E-state index in [0.717, 1.165) is 4.68 Å². The molecule has 7 heteroatoms. The summed E-state index contributed by atoms with van der Waals surface area (Å²) in [5, 5.41) is 12.6. The number of hydrogen-bond acceptors (Lipinski definition) is 4. The van der Waals surface area contributed by atoms with Crippen molar-refractivity contribution in [3.63, 3.8) is 0 Å². The van der Waals surface area contributed by atoms with Crippen molar-refractivity contribution in [2.75, 3.05) is 7.11 Å². The normalized spacial score (nSPS) is 10.3. The molecule has 0 unspecified atom stereocenters. The second kappa shape index (κ2) is 5.52. The summed E-state index contributed by atoms with van der Waals surface area (Å²) in [6.07, 6.45) is 0. The van der Waals surface area contributed by atoms with E-state index in [9.17, 15) is 14.0 Å². The van der Waals surface area contributed by atoms with Gasteiger partial charge < -0.3 is 9.84 Å². The lowest BCUT2D eigenvalue weighted by Gasteiger charge is -2.07. The highest BCUT2D eigenvalue weighted by atomic mass is 19.1. The maximum Gasteiger partial charge on any atom is 0.325 e. The van der Waals surface area contributed by atoms with Gasteiger partial charge in [-0.2, -0.15) is 5.10 Å². The van der Waals surface area contributed by atoms with Crippen LogP contribution >= 0.6 is 0 Å². The quantitative estimate of drug-likeness (QED) is 0.907. The maximum atomic E-state index is 13.3. The minimum atomic E-state index is -1.17. The first-order valence-corrected chi connectivity index (χ1v) is 5.65. The summed E-state index contributed by atoms with van der Waals surface area (Å²) in [6, 6.07) is 6.75. The van der Waals surface area contributed by atoms with Gasteiger partial charge in [0.25, 0.3) is 5.56 Å². The number of aromatic nitrogens is 2. The number of methoxy groups -OCH3 is 1. The van der Waals surface area contributed by atoms with Crippen molar-refractivity contribution in [2.24, 2.45) is 0 Å². The van der Waals surface area contributed by atoms with Crippen molar-refractivity contribution in [1.29, 1.82) is 0 Å². The van der Waals surface area contributed by atoms with Gasteiger partial charge in [-0.05, 0) is 24.3 Å². The highest BCUT2D eigenvalue weighted by Crippen LogP contribution is 2.24. The fourth-order valence-electron chi connectivity index (χ4n) is 1.66. The molecular formula is C13H11FN2O4. The van der Waals surface area contributed by atoms with Crippen LogP contribution in [0.15, 0.2) is 35.1 Å². The molecule has 0 spiro atoms. The first kappa shape index (κ1) is 13.7. The highest BCUT2D eigenvalue weighted by molar-refractivity contribution is 5.66. The van der Waals surface area contributed by atoms with Gasteiger partial charge in [0.05, 0.1) is 12.8 Å². The van der Waals surface area contributed by atoms with E-state index in [1.807, 2.05) is 0 Å². The van der Waals surface area contributed by atoms with Crippen molar-refractivity contribution < 1.29 is 19.0 Å². The number of aliphatic carboxylic acids is 1. The van der Waals surface area contributed by atoms with Gasteiger partial charge in [0.15, 0.2) is 11.6 Å². The van der Waals surface area contributed by atoms with Gasteiger partial charge in [-0.3, -0.25) is 9.59 Å². The molecular weight excluding hydrogens is 267 g/mol. The number of carboxylic acids is 1. The van der Waals surface area contributed by atoms with E-state index in [4.69, 9.17) is 9.84 Å². The van der Waals surface area contributed by atoms with Crippen LogP contribution in [0.25, 0.3) is 11.3 Å². The van der Waals surface area contributed by atoms with Crippen LogP contribution in [-0.4, -0.2) is 28.0 Å². The maximum absolute atomic E-state index is 13.3. The zero-order valence-electron chi connectivity index (χ0n) is 10.5. The van der Waals surface area contributed by atoms with Gasteiger partial charge >= 0.3 is 5.97 Å². The molecule has 104 valence electrons. The molecule has 0 fully saturated rings. The van der Waals surface area contributed by atoms with Crippen molar-refractivity contribution in [1.82, 2.24) is 9.78 Å². The first-order valence-electron chi connectivity index (χ1n) is 5.65. The van der Waals surface area contributed by atoms with Crippen LogP contribution in [0.1, 0.15) is 0 Å². The third kappa shape index (κ3) is 2.82. The smallest absolute Gasteiger partial charge is 0.325 e. The Morgan fingerprint density at radius 3 is 2.80 bits per heavy atom. The number of ether oxygens (including phenoxy) is 1. The van der Waals surface area contributed by atoms with Crippen LogP contribution in [0.5, 0.6) is 5.75 Å². The average molecular weight is 278 g/mol. The Hall–Kier alpha value is -2.70. The molecule has 0 aliphatic rings. The van der Waals surface area contributed by atoms with Crippen LogP contribution in [0.2, 0.25) is 0 Å². The number of carboxylic acid groups (broad SMARTS) is 1. The number of rotatable bonds is 4. The van der Waals surface area contributed by atoms with E-state index in [0.29, 0.717) is 11.3 Å². The van der Waals surface area contributed by atoms with Gasteiger partial charge in [0.2, 0.25) is 0 Å². The van der Waals surface area contributed by atoms with E-state index in [1.165, 1.54) is 37.4 Å². The molecule has 1 aromatic carbocycles. The van der Waals surface area contributed by atoms with Crippen molar-refractivity contribution in [3.05, 3.63) is 46.5 Å². The molecule has 1 aromatic heterocycles. The number of nitrogens with zero attached hydrogens (tertiary/aromatic N) is 2. The lowest BCUT2D eigenvalue weighted by molar-refractivity contribution is -0.138. The third-order valence-electron chi connectivity index (χ3n) is 2.60. The highest BCUT2D eigenvalue weighted by Gasteiger charge is 2.09. The predicted octanol–water partition coefficient (Wildman–Crippen LogP) is 1.14. The summed E-state index contributed by atoms with van der Waals surface area (Å²) in [7, 11) is 1.33. The summed E-state index contributed by atoms with van der Waals surface area (Å²) >= 11 is 0. The molecule has 0 radical (unpaired) electrons. The molecule has 0 aliphatic heterocycles. The number of benzene rings is 1. The Labute approximate surface area is 113 Å². The van der Waals surface area contributed by atoms with Crippen LogP contribution in [-0.2, 0) is 11.3 Å². The van der Waals surface area contributed by atoms with Gasteiger partial charge in [-0.25, -0.2) is 9.07 Å². The van der Waals surface area contributed by atoms with E-state index in [1.54, 1.807) is 0 Å². The largest absolute Gasteiger partial charge is 0.494 e. The Morgan fingerprint density at radius 2 is 2.15 bits per heavy atom. The van der Waals surface area contributed by atoms with Gasteiger partial charge in [0.1, 0.15) is 6.54 Å². The van der Waals surface area contributed by atoms with Crippen molar-refractivity contribution >= 4 is 5.97 Å². The second-order valence-corrected chi connectivity index (χ2v) is 3.96. The summed E-state index contributed by atoms with van der Waals surface area (Å²) in [5.74, 6) is -1.65. The van der Waals surface area contributed by atoms with Gasteiger partial charge in [-0.15, -0.1) is 0 Å². The monoisotopic (exact) mass is 278 g/mol. The minimum Gasteiger partial charge on any atom is -0.494 e. The predicted molar refractivity (Wildman–Crippen MR) is 68.1 cm³/mol. The molecule has 0 saturated heterocycles. The number of carbonyl (C=O) groups is 1. The lowest BCUT2D eigenvalue weighted by atomic mass is 10.1. The van der Waals surface area contributed by atoms with Crippen molar-refractivity contribution in [3.8, 4) is 17.0 Å². The second-order valence-electron chi connectivity index (χ2n) is 3.96. The van der Waals surface area contributed by atoms with E-state index >= 15 is 0 Å².